The largest absolute Gasteiger partial charge is 0.242 e. The van der Waals surface area contributed by atoms with Crippen LogP contribution in [0.3, 0.4) is 0 Å². The van der Waals surface area contributed by atoms with Gasteiger partial charge in [0.25, 0.3) is 0 Å². The van der Waals surface area contributed by atoms with Crippen molar-refractivity contribution in [1.29, 1.82) is 0 Å². The topological polar surface area (TPSA) is 0 Å². The number of halogens is 1. The summed E-state index contributed by atoms with van der Waals surface area (Å²) in [6.07, 6.45) is 2.78. The minimum Gasteiger partial charge on any atom is -0.204 e. The second-order valence-electron chi connectivity index (χ2n) is 5.25. The minimum absolute atomic E-state index is 0.607. The van der Waals surface area contributed by atoms with Crippen molar-refractivity contribution in [2.75, 3.05) is 0 Å². The molecular weight excluding hydrogens is 166 g/mol. The van der Waals surface area contributed by atoms with Crippen LogP contribution in [0, 0.1) is 23.2 Å². The summed E-state index contributed by atoms with van der Waals surface area (Å²) in [5, 5.41) is 0. The molecule has 0 spiro atoms. The Labute approximate surface area is 81.2 Å². The van der Waals surface area contributed by atoms with Crippen LogP contribution in [0.2, 0.25) is 5.82 Å². The first-order valence-corrected chi connectivity index (χ1v) is 5.44. The summed E-state index contributed by atoms with van der Waals surface area (Å²) in [6, 6.07) is 0. The highest BCUT2D eigenvalue weighted by Gasteiger charge is 2.55. The molecule has 1 radical (unpaired) electrons. The maximum Gasteiger partial charge on any atom is 0.242 e. The molecule has 2 bridgehead atoms. The van der Waals surface area contributed by atoms with Crippen LogP contribution in [0.25, 0.3) is 0 Å². The zero-order valence-corrected chi connectivity index (χ0v) is 8.93. The molecule has 0 aromatic heterocycles. The molecule has 0 unspecified atom stereocenters. The first-order chi connectivity index (χ1) is 5.57. The Morgan fingerprint density at radius 3 is 2.42 bits per heavy atom. The van der Waals surface area contributed by atoms with E-state index in [0.717, 1.165) is 17.8 Å². The van der Waals surface area contributed by atoms with Crippen LogP contribution >= 0.6 is 11.5 Å². The van der Waals surface area contributed by atoms with E-state index in [4.69, 9.17) is 11.5 Å². The third-order valence-electron chi connectivity index (χ3n) is 4.57. The molecule has 0 aromatic carbocycles. The molecule has 0 amide bonds. The summed E-state index contributed by atoms with van der Waals surface area (Å²) >= 11 is 5.83. The van der Waals surface area contributed by atoms with E-state index in [1.165, 1.54) is 12.8 Å². The van der Waals surface area contributed by atoms with E-state index in [1.807, 2.05) is 6.69 Å². The first-order valence-electron chi connectivity index (χ1n) is 5.01. The minimum atomic E-state index is 0.607. The average Bonchev–Trinajstić information content (AvgIpc) is 2.03. The zero-order valence-electron chi connectivity index (χ0n) is 8.18. The van der Waals surface area contributed by atoms with Crippen molar-refractivity contribution >= 4 is 18.2 Å². The van der Waals surface area contributed by atoms with Gasteiger partial charge in [0.1, 0.15) is 0 Å². The zero-order chi connectivity index (χ0) is 8.93. The fourth-order valence-electron chi connectivity index (χ4n) is 3.36. The maximum atomic E-state index is 5.83. The van der Waals surface area contributed by atoms with Crippen molar-refractivity contribution in [3.8, 4) is 0 Å². The van der Waals surface area contributed by atoms with Gasteiger partial charge >= 0.3 is 0 Å². The molecule has 0 aliphatic heterocycles. The SMILES string of the molecule is C[C@@H]1[C@@H]([B]Cl)C[C@H]2C[C@@H]1C2(C)C. The van der Waals surface area contributed by atoms with Crippen LogP contribution in [-0.2, 0) is 0 Å². The van der Waals surface area contributed by atoms with Gasteiger partial charge in [-0.3, -0.25) is 0 Å². The van der Waals surface area contributed by atoms with Crippen molar-refractivity contribution in [1.82, 2.24) is 0 Å². The molecule has 4 atom stereocenters. The summed E-state index contributed by atoms with van der Waals surface area (Å²) < 4.78 is 0. The highest BCUT2D eigenvalue weighted by atomic mass is 35.5. The highest BCUT2D eigenvalue weighted by Crippen LogP contribution is 2.64. The van der Waals surface area contributed by atoms with Crippen molar-refractivity contribution in [3.05, 3.63) is 0 Å². The molecule has 3 saturated carbocycles. The Bertz CT molecular complexity index is 190. The van der Waals surface area contributed by atoms with Crippen LogP contribution in [0.4, 0.5) is 0 Å². The summed E-state index contributed by atoms with van der Waals surface area (Å²) in [5.74, 6) is 3.36. The van der Waals surface area contributed by atoms with E-state index in [9.17, 15) is 0 Å². The fraction of sp³-hybridized carbons (Fsp3) is 1.00. The van der Waals surface area contributed by atoms with Crippen LogP contribution < -0.4 is 0 Å². The molecule has 3 aliphatic carbocycles. The summed E-state index contributed by atoms with van der Waals surface area (Å²) in [7, 11) is 0. The van der Waals surface area contributed by atoms with E-state index in [2.05, 4.69) is 20.8 Å². The lowest BCUT2D eigenvalue weighted by Crippen LogP contribution is -2.54. The molecular formula is C10H17BCl. The number of hydrogen-bond acceptors (Lipinski definition) is 0. The standard InChI is InChI=1S/C10H17BCl/c1-6-8-4-7(10(8,2)3)5-9(6)11-12/h6-9H,4-5H2,1-3H3/t6-,7+,8-,9-/m0/s1. The average molecular weight is 184 g/mol. The predicted octanol–water partition coefficient (Wildman–Crippen LogP) is 3.34. The molecule has 3 rings (SSSR count). The van der Waals surface area contributed by atoms with E-state index < -0.39 is 0 Å². The Morgan fingerprint density at radius 2 is 2.00 bits per heavy atom. The molecule has 67 valence electrons. The number of rotatable bonds is 1. The van der Waals surface area contributed by atoms with Crippen LogP contribution in [-0.4, -0.2) is 6.69 Å². The van der Waals surface area contributed by atoms with Gasteiger partial charge in [-0.15, -0.1) is 0 Å². The molecule has 0 N–H and O–H groups in total. The monoisotopic (exact) mass is 183 g/mol. The van der Waals surface area contributed by atoms with Gasteiger partial charge in [0, 0.05) is 0 Å². The van der Waals surface area contributed by atoms with Gasteiger partial charge in [-0.05, 0) is 35.4 Å². The molecule has 2 heteroatoms. The van der Waals surface area contributed by atoms with E-state index >= 15 is 0 Å². The van der Waals surface area contributed by atoms with E-state index in [0.29, 0.717) is 11.2 Å². The summed E-state index contributed by atoms with van der Waals surface area (Å²) in [6.45, 7) is 9.12. The molecule has 3 aliphatic rings. The molecule has 3 fully saturated rings. The van der Waals surface area contributed by atoms with Crippen LogP contribution in [0.15, 0.2) is 0 Å². The smallest absolute Gasteiger partial charge is 0.204 e. The lowest BCUT2D eigenvalue weighted by atomic mass is 9.41. The molecule has 0 heterocycles. The van der Waals surface area contributed by atoms with Crippen molar-refractivity contribution < 1.29 is 0 Å². The van der Waals surface area contributed by atoms with Crippen LogP contribution in [0.1, 0.15) is 33.6 Å². The lowest BCUT2D eigenvalue weighted by Gasteiger charge is -2.62. The van der Waals surface area contributed by atoms with Crippen molar-refractivity contribution in [3.63, 3.8) is 0 Å². The highest BCUT2D eigenvalue weighted by molar-refractivity contribution is 6.94. The fourth-order valence-corrected chi connectivity index (χ4v) is 3.69. The van der Waals surface area contributed by atoms with Gasteiger partial charge in [0.15, 0.2) is 0 Å². The second-order valence-corrected chi connectivity index (χ2v) is 5.50. The Balaban J connectivity index is 2.11. The maximum absolute atomic E-state index is 5.83. The van der Waals surface area contributed by atoms with E-state index in [-0.39, 0.29) is 0 Å². The van der Waals surface area contributed by atoms with Gasteiger partial charge in [-0.25, -0.2) is 11.5 Å². The molecule has 0 nitrogen and oxygen atoms in total. The number of hydrogen-bond donors (Lipinski definition) is 0. The normalized spacial score (nSPS) is 49.7. The predicted molar refractivity (Wildman–Crippen MR) is 54.5 cm³/mol. The van der Waals surface area contributed by atoms with Gasteiger partial charge in [-0.1, -0.05) is 27.2 Å². The first kappa shape index (κ1) is 8.93. The van der Waals surface area contributed by atoms with Gasteiger partial charge in [0.05, 0.1) is 0 Å². The summed E-state index contributed by atoms with van der Waals surface area (Å²) in [4.78, 5) is 0. The van der Waals surface area contributed by atoms with Crippen molar-refractivity contribution in [2.24, 2.45) is 23.2 Å². The third-order valence-corrected chi connectivity index (χ3v) is 4.90. The molecule has 12 heavy (non-hydrogen) atoms. The Morgan fingerprint density at radius 1 is 1.33 bits per heavy atom. The quantitative estimate of drug-likeness (QED) is 0.547. The van der Waals surface area contributed by atoms with Gasteiger partial charge < -0.3 is 0 Å². The molecule has 0 aromatic rings. The van der Waals surface area contributed by atoms with Gasteiger partial charge in [0.2, 0.25) is 6.69 Å². The Kier molecular flexibility index (Phi) is 1.99. The third kappa shape index (κ3) is 0.983. The van der Waals surface area contributed by atoms with Crippen molar-refractivity contribution in [2.45, 2.75) is 39.4 Å². The molecule has 0 saturated heterocycles. The summed E-state index contributed by atoms with van der Waals surface area (Å²) in [5.41, 5.74) is 0.607. The lowest BCUT2D eigenvalue weighted by molar-refractivity contribution is -0.0982. The Hall–Kier alpha value is 0.355. The van der Waals surface area contributed by atoms with Gasteiger partial charge in [-0.2, -0.15) is 0 Å². The van der Waals surface area contributed by atoms with E-state index in [1.54, 1.807) is 0 Å². The number of fused-ring (bicyclic) bond motifs is 2. The second kappa shape index (κ2) is 2.67. The van der Waals surface area contributed by atoms with Crippen LogP contribution in [0.5, 0.6) is 0 Å².